The van der Waals surface area contributed by atoms with Gasteiger partial charge >= 0.3 is 5.82 Å². The highest BCUT2D eigenvalue weighted by Crippen LogP contribution is 2.20. The molecule has 0 saturated heterocycles. The zero-order valence-corrected chi connectivity index (χ0v) is 8.17. The Morgan fingerprint density at radius 1 is 1.60 bits per heavy atom. The molecule has 0 radical (unpaired) electrons. The molecule has 0 aliphatic rings. The van der Waals surface area contributed by atoms with Crippen LogP contribution >= 0.6 is 0 Å². The van der Waals surface area contributed by atoms with Crippen molar-refractivity contribution in [2.24, 2.45) is 5.73 Å². The lowest BCUT2D eigenvalue weighted by Gasteiger charge is -1.96. The van der Waals surface area contributed by atoms with Crippen molar-refractivity contribution in [3.05, 3.63) is 39.8 Å². The maximum atomic E-state index is 10.7. The third-order valence-corrected chi connectivity index (χ3v) is 2.19. The van der Waals surface area contributed by atoms with Crippen LogP contribution in [0.5, 0.6) is 0 Å². The number of hydrogen-bond acceptors (Lipinski definition) is 4. The molecule has 0 aliphatic carbocycles. The van der Waals surface area contributed by atoms with E-state index in [1.165, 1.54) is 0 Å². The van der Waals surface area contributed by atoms with E-state index >= 15 is 0 Å². The Morgan fingerprint density at radius 3 is 2.93 bits per heavy atom. The molecule has 0 aromatic carbocycles. The molecular weight excluding hydrogens is 196 g/mol. The molecule has 2 rings (SSSR count). The van der Waals surface area contributed by atoms with E-state index < -0.39 is 4.92 Å². The van der Waals surface area contributed by atoms with E-state index in [9.17, 15) is 10.1 Å². The molecular formula is C9H10N4O2. The first-order valence-electron chi connectivity index (χ1n) is 4.45. The molecule has 2 heterocycles. The van der Waals surface area contributed by atoms with Gasteiger partial charge in [-0.25, -0.2) is 0 Å². The standard InChI is InChI=1S/C9H10N4O2/c1-6-2-3-7-9(13(14)15)11-8(4-10)12(7)5-6/h2-3,5H,4,10H2,1H3. The second-order valence-electron chi connectivity index (χ2n) is 3.27. The minimum atomic E-state index is -0.496. The van der Waals surface area contributed by atoms with Crippen LogP contribution in [0.25, 0.3) is 5.52 Å². The zero-order chi connectivity index (χ0) is 11.0. The van der Waals surface area contributed by atoms with Gasteiger partial charge in [0.1, 0.15) is 5.52 Å². The molecule has 0 aliphatic heterocycles. The van der Waals surface area contributed by atoms with Gasteiger partial charge in [-0.15, -0.1) is 0 Å². The van der Waals surface area contributed by atoms with Gasteiger partial charge in [0.2, 0.25) is 5.82 Å². The second-order valence-corrected chi connectivity index (χ2v) is 3.27. The predicted molar refractivity (Wildman–Crippen MR) is 54.5 cm³/mol. The monoisotopic (exact) mass is 206 g/mol. The number of nitrogens with zero attached hydrogens (tertiary/aromatic N) is 3. The van der Waals surface area contributed by atoms with Crippen LogP contribution in [0.2, 0.25) is 0 Å². The first-order valence-corrected chi connectivity index (χ1v) is 4.45. The molecule has 15 heavy (non-hydrogen) atoms. The van der Waals surface area contributed by atoms with Crippen molar-refractivity contribution in [1.29, 1.82) is 0 Å². The highest BCUT2D eigenvalue weighted by Gasteiger charge is 2.20. The number of pyridine rings is 1. The van der Waals surface area contributed by atoms with Crippen molar-refractivity contribution in [1.82, 2.24) is 9.38 Å². The van der Waals surface area contributed by atoms with Crippen LogP contribution in [-0.4, -0.2) is 14.3 Å². The van der Waals surface area contributed by atoms with E-state index in [0.717, 1.165) is 5.56 Å². The summed E-state index contributed by atoms with van der Waals surface area (Å²) in [5, 5.41) is 10.7. The summed E-state index contributed by atoms with van der Waals surface area (Å²) in [6.45, 7) is 2.09. The highest BCUT2D eigenvalue weighted by molar-refractivity contribution is 5.62. The van der Waals surface area contributed by atoms with E-state index in [1.54, 1.807) is 16.7 Å². The van der Waals surface area contributed by atoms with Gasteiger partial charge in [-0.05, 0) is 28.5 Å². The fourth-order valence-electron chi connectivity index (χ4n) is 1.51. The predicted octanol–water partition coefficient (Wildman–Crippen LogP) is 1.01. The highest BCUT2D eigenvalue weighted by atomic mass is 16.6. The van der Waals surface area contributed by atoms with Gasteiger partial charge in [0.25, 0.3) is 0 Å². The lowest BCUT2D eigenvalue weighted by molar-refractivity contribution is -0.387. The van der Waals surface area contributed by atoms with Crippen LogP contribution in [0.4, 0.5) is 5.82 Å². The first kappa shape index (κ1) is 9.60. The van der Waals surface area contributed by atoms with E-state index in [2.05, 4.69) is 4.98 Å². The van der Waals surface area contributed by atoms with Crippen molar-refractivity contribution >= 4 is 11.3 Å². The average molecular weight is 206 g/mol. The molecule has 2 aromatic rings. The normalized spacial score (nSPS) is 10.8. The molecule has 0 amide bonds. The summed E-state index contributed by atoms with van der Waals surface area (Å²) < 4.78 is 1.66. The van der Waals surface area contributed by atoms with E-state index in [4.69, 9.17) is 5.73 Å². The maximum absolute atomic E-state index is 10.7. The molecule has 0 fully saturated rings. The molecule has 0 bridgehead atoms. The summed E-state index contributed by atoms with van der Waals surface area (Å²) in [6, 6.07) is 3.49. The number of hydrogen-bond donors (Lipinski definition) is 1. The van der Waals surface area contributed by atoms with Crippen molar-refractivity contribution in [3.8, 4) is 0 Å². The van der Waals surface area contributed by atoms with Gasteiger partial charge < -0.3 is 15.8 Å². The molecule has 6 nitrogen and oxygen atoms in total. The summed E-state index contributed by atoms with van der Waals surface area (Å²) in [6.07, 6.45) is 1.79. The van der Waals surface area contributed by atoms with Crippen LogP contribution in [-0.2, 0) is 6.54 Å². The Morgan fingerprint density at radius 2 is 2.33 bits per heavy atom. The molecule has 2 aromatic heterocycles. The largest absolute Gasteiger partial charge is 0.389 e. The lowest BCUT2D eigenvalue weighted by atomic mass is 10.3. The molecule has 0 unspecified atom stereocenters. The van der Waals surface area contributed by atoms with E-state index in [0.29, 0.717) is 11.3 Å². The van der Waals surface area contributed by atoms with Crippen LogP contribution in [0, 0.1) is 17.0 Å². The zero-order valence-electron chi connectivity index (χ0n) is 8.17. The van der Waals surface area contributed by atoms with Crippen LogP contribution in [0.15, 0.2) is 18.3 Å². The molecule has 0 atom stereocenters. The van der Waals surface area contributed by atoms with Crippen LogP contribution < -0.4 is 5.73 Å². The van der Waals surface area contributed by atoms with Gasteiger partial charge in [0.15, 0.2) is 0 Å². The summed E-state index contributed by atoms with van der Waals surface area (Å²) in [5.74, 6) is 0.357. The number of nitro groups is 1. The quantitative estimate of drug-likeness (QED) is 0.586. The third kappa shape index (κ3) is 1.44. The SMILES string of the molecule is Cc1ccc2c([N+](=O)[O-])nc(CN)n2c1. The lowest BCUT2D eigenvalue weighted by Crippen LogP contribution is -2.02. The van der Waals surface area contributed by atoms with E-state index in [1.807, 2.05) is 13.0 Å². The Hall–Kier alpha value is -1.95. The summed E-state index contributed by atoms with van der Waals surface area (Å²) >= 11 is 0. The second kappa shape index (κ2) is 3.32. The fraction of sp³-hybridized carbons (Fsp3) is 0.222. The van der Waals surface area contributed by atoms with Crippen molar-refractivity contribution < 1.29 is 4.92 Å². The van der Waals surface area contributed by atoms with Crippen LogP contribution in [0.3, 0.4) is 0 Å². The van der Waals surface area contributed by atoms with Crippen molar-refractivity contribution in [2.75, 3.05) is 0 Å². The van der Waals surface area contributed by atoms with Gasteiger partial charge in [-0.3, -0.25) is 4.40 Å². The Bertz CT molecular complexity index is 532. The first-order chi connectivity index (χ1) is 7.13. The average Bonchev–Trinajstić information content (AvgIpc) is 2.55. The molecule has 0 saturated carbocycles. The third-order valence-electron chi connectivity index (χ3n) is 2.19. The number of nitrogens with two attached hydrogens (primary N) is 1. The number of aryl methyl sites for hydroxylation is 1. The number of rotatable bonds is 2. The Balaban J connectivity index is 2.81. The summed E-state index contributed by atoms with van der Waals surface area (Å²) in [5.41, 5.74) is 6.96. The molecule has 2 N–H and O–H groups in total. The maximum Gasteiger partial charge on any atom is 0.389 e. The minimum absolute atomic E-state index is 0.143. The fourth-order valence-corrected chi connectivity index (χ4v) is 1.51. The van der Waals surface area contributed by atoms with Gasteiger partial charge in [-0.2, -0.15) is 0 Å². The number of imidazole rings is 1. The van der Waals surface area contributed by atoms with E-state index in [-0.39, 0.29) is 12.4 Å². The van der Waals surface area contributed by atoms with Crippen molar-refractivity contribution in [3.63, 3.8) is 0 Å². The van der Waals surface area contributed by atoms with Gasteiger partial charge in [0, 0.05) is 6.20 Å². The Kier molecular flexibility index (Phi) is 2.12. The molecule has 78 valence electrons. The van der Waals surface area contributed by atoms with Crippen LogP contribution in [0.1, 0.15) is 11.4 Å². The number of fused-ring (bicyclic) bond motifs is 1. The van der Waals surface area contributed by atoms with Gasteiger partial charge in [-0.1, -0.05) is 6.07 Å². The van der Waals surface area contributed by atoms with Crippen molar-refractivity contribution in [2.45, 2.75) is 13.5 Å². The summed E-state index contributed by atoms with van der Waals surface area (Å²) in [7, 11) is 0. The Labute approximate surface area is 85.5 Å². The molecule has 6 heteroatoms. The minimum Gasteiger partial charge on any atom is -0.358 e. The number of aromatic nitrogens is 2. The van der Waals surface area contributed by atoms with Gasteiger partial charge in [0.05, 0.1) is 6.54 Å². The molecule has 0 spiro atoms. The topological polar surface area (TPSA) is 86.5 Å². The summed E-state index contributed by atoms with van der Waals surface area (Å²) in [4.78, 5) is 14.1. The smallest absolute Gasteiger partial charge is 0.358 e.